The van der Waals surface area contributed by atoms with Gasteiger partial charge in [0.25, 0.3) is 0 Å². The van der Waals surface area contributed by atoms with Gasteiger partial charge in [0.2, 0.25) is 0 Å². The Hall–Kier alpha value is -0.770. The normalized spacial score (nSPS) is 22.4. The highest BCUT2D eigenvalue weighted by Crippen LogP contribution is 2.26. The van der Waals surface area contributed by atoms with Crippen molar-refractivity contribution in [3.05, 3.63) is 28.8 Å². The topological polar surface area (TPSA) is 24.5 Å². The third-order valence-corrected chi connectivity index (χ3v) is 4.97. The van der Waals surface area contributed by atoms with Crippen molar-refractivity contribution in [2.75, 3.05) is 26.2 Å². The quantitative estimate of drug-likeness (QED) is 0.928. The standard InChI is InChI=1S/C17H25ClN2O/c1-13-12-14(18)2-3-17(13)21-16-6-10-20(11-7-16)15-4-8-19-9-5-15/h2-3,12,15-16,19H,4-11H2,1H3. The largest absolute Gasteiger partial charge is 0.490 e. The van der Waals surface area contributed by atoms with Gasteiger partial charge < -0.3 is 15.0 Å². The summed E-state index contributed by atoms with van der Waals surface area (Å²) in [5, 5.41) is 4.22. The van der Waals surface area contributed by atoms with E-state index < -0.39 is 0 Å². The molecule has 116 valence electrons. The first-order valence-corrected chi connectivity index (χ1v) is 8.48. The number of hydrogen-bond donors (Lipinski definition) is 1. The van der Waals surface area contributed by atoms with Gasteiger partial charge in [-0.25, -0.2) is 0 Å². The summed E-state index contributed by atoms with van der Waals surface area (Å²) in [4.78, 5) is 2.66. The number of nitrogens with one attached hydrogen (secondary N) is 1. The molecule has 2 saturated heterocycles. The zero-order valence-electron chi connectivity index (χ0n) is 12.8. The van der Waals surface area contributed by atoms with Gasteiger partial charge in [0.15, 0.2) is 0 Å². The molecule has 2 heterocycles. The summed E-state index contributed by atoms with van der Waals surface area (Å²) in [7, 11) is 0. The van der Waals surface area contributed by atoms with Gasteiger partial charge in [-0.3, -0.25) is 0 Å². The molecule has 0 spiro atoms. The third kappa shape index (κ3) is 3.91. The van der Waals surface area contributed by atoms with Crippen LogP contribution in [0, 0.1) is 6.92 Å². The Balaban J connectivity index is 1.51. The fraction of sp³-hybridized carbons (Fsp3) is 0.647. The molecule has 1 N–H and O–H groups in total. The van der Waals surface area contributed by atoms with Crippen molar-refractivity contribution in [2.24, 2.45) is 0 Å². The van der Waals surface area contributed by atoms with Crippen LogP contribution in [-0.2, 0) is 0 Å². The van der Waals surface area contributed by atoms with E-state index in [0.29, 0.717) is 6.10 Å². The van der Waals surface area contributed by atoms with Crippen LogP contribution < -0.4 is 10.1 Å². The molecule has 2 aliphatic rings. The van der Waals surface area contributed by atoms with Crippen LogP contribution >= 0.6 is 11.6 Å². The Kier molecular flexibility index (Phi) is 5.04. The molecular formula is C17H25ClN2O. The van der Waals surface area contributed by atoms with Crippen LogP contribution in [0.5, 0.6) is 5.75 Å². The van der Waals surface area contributed by atoms with Gasteiger partial charge in [-0.1, -0.05) is 11.6 Å². The van der Waals surface area contributed by atoms with Gasteiger partial charge in [0.1, 0.15) is 11.9 Å². The van der Waals surface area contributed by atoms with E-state index in [1.807, 2.05) is 18.2 Å². The molecule has 0 atom stereocenters. The maximum Gasteiger partial charge on any atom is 0.122 e. The van der Waals surface area contributed by atoms with E-state index in [4.69, 9.17) is 16.3 Å². The lowest BCUT2D eigenvalue weighted by molar-refractivity contribution is 0.0650. The molecule has 3 rings (SSSR count). The molecule has 1 aromatic carbocycles. The molecule has 2 aliphatic heterocycles. The minimum absolute atomic E-state index is 0.350. The van der Waals surface area contributed by atoms with E-state index in [2.05, 4.69) is 17.1 Å². The average Bonchev–Trinajstić information content (AvgIpc) is 2.52. The van der Waals surface area contributed by atoms with Crippen molar-refractivity contribution in [3.63, 3.8) is 0 Å². The Labute approximate surface area is 132 Å². The molecule has 0 unspecified atom stereocenters. The molecule has 0 saturated carbocycles. The average molecular weight is 309 g/mol. The molecule has 3 nitrogen and oxygen atoms in total. The van der Waals surface area contributed by atoms with Gasteiger partial charge in [-0.05, 0) is 69.5 Å². The second-order valence-electron chi connectivity index (χ2n) is 6.24. The minimum Gasteiger partial charge on any atom is -0.490 e. The monoisotopic (exact) mass is 308 g/mol. The number of halogens is 1. The predicted octanol–water partition coefficient (Wildman–Crippen LogP) is 3.24. The molecule has 0 bridgehead atoms. The summed E-state index contributed by atoms with van der Waals surface area (Å²) in [6, 6.07) is 6.66. The van der Waals surface area contributed by atoms with E-state index in [1.165, 1.54) is 39.0 Å². The van der Waals surface area contributed by atoms with E-state index in [0.717, 1.165) is 35.2 Å². The van der Waals surface area contributed by atoms with Gasteiger partial charge in [-0.2, -0.15) is 0 Å². The maximum atomic E-state index is 6.18. The summed E-state index contributed by atoms with van der Waals surface area (Å²) >= 11 is 6.00. The second-order valence-corrected chi connectivity index (χ2v) is 6.68. The molecule has 1 aromatic rings. The Morgan fingerprint density at radius 2 is 1.86 bits per heavy atom. The number of piperidine rings is 2. The number of aryl methyl sites for hydroxylation is 1. The lowest BCUT2D eigenvalue weighted by atomic mass is 10.00. The molecule has 2 fully saturated rings. The molecule has 4 heteroatoms. The Morgan fingerprint density at radius 3 is 2.52 bits per heavy atom. The van der Waals surface area contributed by atoms with E-state index in [-0.39, 0.29) is 0 Å². The second kappa shape index (κ2) is 6.99. The van der Waals surface area contributed by atoms with Crippen molar-refractivity contribution < 1.29 is 4.74 Å². The zero-order valence-corrected chi connectivity index (χ0v) is 13.5. The van der Waals surface area contributed by atoms with Crippen molar-refractivity contribution in [2.45, 2.75) is 44.8 Å². The highest BCUT2D eigenvalue weighted by atomic mass is 35.5. The fourth-order valence-corrected chi connectivity index (χ4v) is 3.68. The summed E-state index contributed by atoms with van der Waals surface area (Å²) in [6.07, 6.45) is 5.20. The summed E-state index contributed by atoms with van der Waals surface area (Å²) < 4.78 is 6.18. The van der Waals surface area contributed by atoms with Crippen molar-refractivity contribution in [1.29, 1.82) is 0 Å². The third-order valence-electron chi connectivity index (χ3n) is 4.73. The maximum absolute atomic E-state index is 6.18. The fourth-order valence-electron chi connectivity index (χ4n) is 3.46. The summed E-state index contributed by atoms with van der Waals surface area (Å²) in [5.74, 6) is 0.986. The molecule has 0 radical (unpaired) electrons. The smallest absolute Gasteiger partial charge is 0.122 e. The first kappa shape index (κ1) is 15.1. The van der Waals surface area contributed by atoms with Crippen LogP contribution in [0.25, 0.3) is 0 Å². The molecule has 21 heavy (non-hydrogen) atoms. The van der Waals surface area contributed by atoms with Crippen molar-refractivity contribution >= 4 is 11.6 Å². The van der Waals surface area contributed by atoms with Crippen LogP contribution in [0.1, 0.15) is 31.2 Å². The van der Waals surface area contributed by atoms with Gasteiger partial charge in [-0.15, -0.1) is 0 Å². The zero-order chi connectivity index (χ0) is 14.7. The first-order chi connectivity index (χ1) is 10.2. The molecule has 0 aliphatic carbocycles. The SMILES string of the molecule is Cc1cc(Cl)ccc1OC1CCN(C2CCNCC2)CC1. The van der Waals surface area contributed by atoms with E-state index in [1.54, 1.807) is 0 Å². The van der Waals surface area contributed by atoms with E-state index in [9.17, 15) is 0 Å². The van der Waals surface area contributed by atoms with Crippen LogP contribution in [0.15, 0.2) is 18.2 Å². The number of hydrogen-bond acceptors (Lipinski definition) is 3. The molecule has 0 amide bonds. The van der Waals surface area contributed by atoms with Crippen molar-refractivity contribution in [1.82, 2.24) is 10.2 Å². The van der Waals surface area contributed by atoms with Gasteiger partial charge in [0.05, 0.1) is 0 Å². The lowest BCUT2D eigenvalue weighted by Gasteiger charge is -2.39. The number of nitrogens with zero attached hydrogens (tertiary/aromatic N) is 1. The van der Waals surface area contributed by atoms with Crippen molar-refractivity contribution in [3.8, 4) is 5.75 Å². The number of rotatable bonds is 3. The van der Waals surface area contributed by atoms with Gasteiger partial charge in [0, 0.05) is 24.2 Å². The molecule has 0 aromatic heterocycles. The number of benzene rings is 1. The molecular weight excluding hydrogens is 284 g/mol. The minimum atomic E-state index is 0.350. The number of likely N-dealkylation sites (tertiary alicyclic amines) is 1. The van der Waals surface area contributed by atoms with Crippen LogP contribution in [-0.4, -0.2) is 43.2 Å². The van der Waals surface area contributed by atoms with Gasteiger partial charge >= 0.3 is 0 Å². The Morgan fingerprint density at radius 1 is 1.14 bits per heavy atom. The van der Waals surface area contributed by atoms with Crippen LogP contribution in [0.4, 0.5) is 0 Å². The van der Waals surface area contributed by atoms with Crippen LogP contribution in [0.2, 0.25) is 5.02 Å². The summed E-state index contributed by atoms with van der Waals surface area (Å²) in [5.41, 5.74) is 1.13. The van der Waals surface area contributed by atoms with E-state index >= 15 is 0 Å². The highest BCUT2D eigenvalue weighted by Gasteiger charge is 2.27. The highest BCUT2D eigenvalue weighted by molar-refractivity contribution is 6.30. The Bertz CT molecular complexity index is 466. The predicted molar refractivity (Wildman–Crippen MR) is 87.3 cm³/mol. The lowest BCUT2D eigenvalue weighted by Crippen LogP contribution is -2.48. The van der Waals surface area contributed by atoms with Crippen LogP contribution in [0.3, 0.4) is 0 Å². The first-order valence-electron chi connectivity index (χ1n) is 8.10. The summed E-state index contributed by atoms with van der Waals surface area (Å²) in [6.45, 7) is 6.74. The number of ether oxygens (including phenoxy) is 1.